The van der Waals surface area contributed by atoms with Gasteiger partial charge in [-0.25, -0.2) is 18.7 Å². The van der Waals surface area contributed by atoms with Gasteiger partial charge in [0.05, 0.1) is 5.39 Å². The van der Waals surface area contributed by atoms with Crippen LogP contribution in [0.3, 0.4) is 0 Å². The van der Waals surface area contributed by atoms with E-state index in [9.17, 15) is 8.78 Å². The van der Waals surface area contributed by atoms with Crippen LogP contribution in [-0.2, 0) is 6.42 Å². The maximum absolute atomic E-state index is 13.6. The molecule has 0 unspecified atom stereocenters. The molecule has 0 saturated carbocycles. The van der Waals surface area contributed by atoms with E-state index in [0.29, 0.717) is 18.5 Å². The molecule has 1 spiro atoms. The zero-order valence-corrected chi connectivity index (χ0v) is 19.5. The van der Waals surface area contributed by atoms with E-state index < -0.39 is 5.92 Å². The van der Waals surface area contributed by atoms with Gasteiger partial charge in [-0.3, -0.25) is 0 Å². The van der Waals surface area contributed by atoms with Crippen LogP contribution in [0.1, 0.15) is 31.2 Å². The van der Waals surface area contributed by atoms with Gasteiger partial charge in [0.25, 0.3) is 5.92 Å². The molecule has 6 nitrogen and oxygen atoms in total. The molecular formula is C26H32F2N6. The van der Waals surface area contributed by atoms with Gasteiger partial charge in [-0.1, -0.05) is 24.3 Å². The molecule has 2 N–H and O–H groups in total. The van der Waals surface area contributed by atoms with Crippen LogP contribution in [0.25, 0.3) is 22.3 Å². The highest BCUT2D eigenvalue weighted by Gasteiger charge is 2.39. The Kier molecular flexibility index (Phi) is 5.53. The maximum atomic E-state index is 13.6. The van der Waals surface area contributed by atoms with Crippen molar-refractivity contribution in [2.75, 3.05) is 50.7 Å². The molecule has 2 aromatic heterocycles. The molecule has 0 radical (unpaired) electrons. The molecule has 0 aliphatic carbocycles. The van der Waals surface area contributed by atoms with E-state index in [0.717, 1.165) is 41.1 Å². The largest absolute Gasteiger partial charge is 0.356 e. The normalized spacial score (nSPS) is 22.2. The minimum Gasteiger partial charge on any atom is -0.356 e. The molecule has 3 fully saturated rings. The predicted molar refractivity (Wildman–Crippen MR) is 130 cm³/mol. The van der Waals surface area contributed by atoms with Crippen molar-refractivity contribution in [3.8, 4) is 11.3 Å². The molecule has 34 heavy (non-hydrogen) atoms. The lowest BCUT2D eigenvalue weighted by atomic mass is 9.73. The van der Waals surface area contributed by atoms with Crippen LogP contribution >= 0.6 is 0 Å². The number of nitrogens with one attached hydrogen (secondary N) is 2. The molecule has 6 rings (SSSR count). The van der Waals surface area contributed by atoms with E-state index in [1.54, 1.807) is 0 Å². The second kappa shape index (κ2) is 8.57. The molecular weight excluding hydrogens is 434 g/mol. The summed E-state index contributed by atoms with van der Waals surface area (Å²) < 4.78 is 27.2. The minimum atomic E-state index is -2.57. The summed E-state index contributed by atoms with van der Waals surface area (Å²) in [6, 6.07) is 10.8. The second-order valence-corrected chi connectivity index (χ2v) is 10.4. The summed E-state index contributed by atoms with van der Waals surface area (Å²) in [5.41, 5.74) is 4.75. The van der Waals surface area contributed by atoms with Crippen molar-refractivity contribution in [2.45, 2.75) is 38.0 Å². The first-order valence-corrected chi connectivity index (χ1v) is 12.5. The third-order valence-electron chi connectivity index (χ3n) is 8.10. The van der Waals surface area contributed by atoms with Gasteiger partial charge >= 0.3 is 0 Å². The van der Waals surface area contributed by atoms with Gasteiger partial charge in [0, 0.05) is 51.3 Å². The smallest absolute Gasteiger partial charge is 0.251 e. The van der Waals surface area contributed by atoms with Crippen molar-refractivity contribution in [3.63, 3.8) is 0 Å². The number of H-pyrrole nitrogens is 1. The van der Waals surface area contributed by atoms with Crippen LogP contribution < -0.4 is 10.2 Å². The Morgan fingerprint density at radius 1 is 0.912 bits per heavy atom. The number of halogens is 2. The Hall–Kier alpha value is -2.58. The summed E-state index contributed by atoms with van der Waals surface area (Å²) in [6.45, 7) is 6.57. The number of rotatable bonds is 5. The summed E-state index contributed by atoms with van der Waals surface area (Å²) in [4.78, 5) is 16.8. The number of hydrogen-bond acceptors (Lipinski definition) is 5. The Morgan fingerprint density at radius 3 is 2.32 bits per heavy atom. The fourth-order valence-corrected chi connectivity index (χ4v) is 5.60. The van der Waals surface area contributed by atoms with Crippen LogP contribution in [0.15, 0.2) is 36.7 Å². The lowest BCUT2D eigenvalue weighted by Crippen LogP contribution is -2.58. The van der Waals surface area contributed by atoms with Crippen molar-refractivity contribution in [3.05, 3.63) is 42.2 Å². The van der Waals surface area contributed by atoms with Gasteiger partial charge in [0.15, 0.2) is 0 Å². The van der Waals surface area contributed by atoms with E-state index in [1.165, 1.54) is 50.9 Å². The van der Waals surface area contributed by atoms with E-state index in [4.69, 9.17) is 0 Å². The molecule has 3 saturated heterocycles. The Labute approximate surface area is 198 Å². The number of benzene rings is 1. The van der Waals surface area contributed by atoms with Crippen LogP contribution in [0, 0.1) is 5.41 Å². The third-order valence-corrected chi connectivity index (χ3v) is 8.10. The van der Waals surface area contributed by atoms with Gasteiger partial charge in [-0.15, -0.1) is 0 Å². The average Bonchev–Trinajstić information content (AvgIpc) is 3.27. The van der Waals surface area contributed by atoms with Gasteiger partial charge in [-0.2, -0.15) is 0 Å². The van der Waals surface area contributed by atoms with Crippen LogP contribution in [0.5, 0.6) is 0 Å². The number of piperidine rings is 2. The van der Waals surface area contributed by atoms with Gasteiger partial charge < -0.3 is 20.1 Å². The number of hydrogen-bond donors (Lipinski definition) is 2. The molecule has 0 amide bonds. The van der Waals surface area contributed by atoms with Crippen molar-refractivity contribution in [1.82, 2.24) is 25.2 Å². The SMILES string of the molecule is FC1(F)CCN(c2ncnc3[nH]c(-c4ccc(CCN5CCC6(CC5)CNC6)cc4)cc23)CC1. The van der Waals surface area contributed by atoms with E-state index in [-0.39, 0.29) is 12.8 Å². The Balaban J connectivity index is 1.11. The summed E-state index contributed by atoms with van der Waals surface area (Å²) in [5.74, 6) is -1.83. The minimum absolute atomic E-state index is 0.132. The predicted octanol–water partition coefficient (Wildman–Crippen LogP) is 4.09. The van der Waals surface area contributed by atoms with Gasteiger partial charge in [0.2, 0.25) is 0 Å². The van der Waals surface area contributed by atoms with E-state index in [2.05, 4.69) is 49.4 Å². The first kappa shape index (κ1) is 21.9. The second-order valence-electron chi connectivity index (χ2n) is 10.4. The fourth-order valence-electron chi connectivity index (χ4n) is 5.60. The molecule has 8 heteroatoms. The zero-order chi connectivity index (χ0) is 23.2. The van der Waals surface area contributed by atoms with Crippen molar-refractivity contribution < 1.29 is 8.78 Å². The molecule has 3 aliphatic heterocycles. The molecule has 1 aromatic carbocycles. The number of fused-ring (bicyclic) bond motifs is 1. The standard InChI is InChI=1S/C26H32F2N6/c27-26(28)8-13-34(14-9-26)24-21-15-22(32-23(21)30-18-31-24)20-3-1-19(2-4-20)5-10-33-11-6-25(7-12-33)16-29-17-25/h1-4,15,18,29H,5-14,16-17H2,(H,30,31,32). The Morgan fingerprint density at radius 2 is 1.65 bits per heavy atom. The van der Waals surface area contributed by atoms with Crippen molar-refractivity contribution >= 4 is 16.9 Å². The summed E-state index contributed by atoms with van der Waals surface area (Å²) in [6.07, 6.45) is 4.96. The number of likely N-dealkylation sites (tertiary alicyclic amines) is 1. The Bertz CT molecular complexity index is 1130. The lowest BCUT2D eigenvalue weighted by Gasteiger charge is -2.48. The first-order chi connectivity index (χ1) is 16.5. The zero-order valence-electron chi connectivity index (χ0n) is 19.5. The van der Waals surface area contributed by atoms with Crippen molar-refractivity contribution in [2.24, 2.45) is 5.41 Å². The highest BCUT2D eigenvalue weighted by molar-refractivity contribution is 5.92. The lowest BCUT2D eigenvalue weighted by molar-refractivity contribution is -0.0221. The van der Waals surface area contributed by atoms with E-state index >= 15 is 0 Å². The van der Waals surface area contributed by atoms with Crippen LogP contribution in [0.4, 0.5) is 14.6 Å². The van der Waals surface area contributed by atoms with Crippen LogP contribution in [-0.4, -0.2) is 71.6 Å². The number of aromatic amines is 1. The van der Waals surface area contributed by atoms with Gasteiger partial charge in [-0.05, 0) is 55.0 Å². The summed E-state index contributed by atoms with van der Waals surface area (Å²) >= 11 is 0. The molecule has 180 valence electrons. The average molecular weight is 467 g/mol. The van der Waals surface area contributed by atoms with E-state index in [1.807, 2.05) is 11.0 Å². The number of anilines is 1. The molecule has 3 aromatic rings. The number of nitrogens with zero attached hydrogens (tertiary/aromatic N) is 4. The molecule has 0 atom stereocenters. The van der Waals surface area contributed by atoms with Crippen molar-refractivity contribution in [1.29, 1.82) is 0 Å². The first-order valence-electron chi connectivity index (χ1n) is 12.5. The summed E-state index contributed by atoms with van der Waals surface area (Å²) in [7, 11) is 0. The quantitative estimate of drug-likeness (QED) is 0.593. The number of alkyl halides is 2. The highest BCUT2D eigenvalue weighted by atomic mass is 19.3. The maximum Gasteiger partial charge on any atom is 0.251 e. The highest BCUT2D eigenvalue weighted by Crippen LogP contribution is 2.35. The summed E-state index contributed by atoms with van der Waals surface area (Å²) in [5, 5.41) is 4.32. The third kappa shape index (κ3) is 4.29. The topological polar surface area (TPSA) is 60.1 Å². The molecule has 3 aliphatic rings. The van der Waals surface area contributed by atoms with Crippen LogP contribution in [0.2, 0.25) is 0 Å². The fraction of sp³-hybridized carbons (Fsp3) is 0.538. The molecule has 5 heterocycles. The van der Waals surface area contributed by atoms with Gasteiger partial charge in [0.1, 0.15) is 17.8 Å². The number of aromatic nitrogens is 3. The monoisotopic (exact) mass is 466 g/mol. The molecule has 0 bridgehead atoms.